The van der Waals surface area contributed by atoms with Crippen molar-refractivity contribution in [2.75, 3.05) is 0 Å². The van der Waals surface area contributed by atoms with Gasteiger partial charge in [-0.3, -0.25) is 0 Å². The van der Waals surface area contributed by atoms with Crippen LogP contribution >= 0.6 is 0 Å². The van der Waals surface area contributed by atoms with Gasteiger partial charge in [-0.2, -0.15) is 0 Å². The van der Waals surface area contributed by atoms with Crippen molar-refractivity contribution in [1.29, 1.82) is 0 Å². The van der Waals surface area contributed by atoms with E-state index >= 15 is 0 Å². The predicted molar refractivity (Wildman–Crippen MR) is 98.1 cm³/mol. The van der Waals surface area contributed by atoms with Crippen LogP contribution in [0.3, 0.4) is 0 Å². The Hall–Kier alpha value is -2.08. The van der Waals surface area contributed by atoms with Crippen LogP contribution in [-0.4, -0.2) is 0 Å². The van der Waals surface area contributed by atoms with Gasteiger partial charge in [-0.15, -0.1) is 0 Å². The molecular formula is C22H26. The molecule has 0 bridgehead atoms. The summed E-state index contributed by atoms with van der Waals surface area (Å²) in [5.41, 5.74) is 9.23. The first-order chi connectivity index (χ1) is 10.5. The second kappa shape index (κ2) is 7.26. The summed E-state index contributed by atoms with van der Waals surface area (Å²) in [6.07, 6.45) is 2.04. The van der Waals surface area contributed by atoms with Crippen LogP contribution in [0.2, 0.25) is 0 Å². The van der Waals surface area contributed by atoms with Crippen molar-refractivity contribution < 1.29 is 0 Å². The molecule has 0 N–H and O–H groups in total. The first kappa shape index (κ1) is 16.3. The maximum absolute atomic E-state index is 4.23. The minimum absolute atomic E-state index is 0.971. The lowest BCUT2D eigenvalue weighted by atomic mass is 9.88. The summed E-state index contributed by atoms with van der Waals surface area (Å²) in [5.74, 6) is 0. The molecule has 2 rings (SSSR count). The van der Waals surface area contributed by atoms with Gasteiger partial charge in [0.15, 0.2) is 0 Å². The fraction of sp³-hybridized carbons (Fsp3) is 0.273. The molecule has 0 spiro atoms. The number of hydrogen-bond acceptors (Lipinski definition) is 0. The van der Waals surface area contributed by atoms with E-state index in [-0.39, 0.29) is 0 Å². The Balaban J connectivity index is 2.49. The number of benzene rings is 2. The molecule has 0 saturated heterocycles. The maximum atomic E-state index is 4.23. The van der Waals surface area contributed by atoms with E-state index in [2.05, 4.69) is 82.8 Å². The van der Waals surface area contributed by atoms with Gasteiger partial charge in [-0.1, -0.05) is 73.2 Å². The zero-order valence-corrected chi connectivity index (χ0v) is 14.2. The summed E-state index contributed by atoms with van der Waals surface area (Å²) < 4.78 is 0. The number of hydrogen-bond donors (Lipinski definition) is 0. The van der Waals surface area contributed by atoms with Gasteiger partial charge in [0.1, 0.15) is 0 Å². The van der Waals surface area contributed by atoms with Gasteiger partial charge in [-0.25, -0.2) is 0 Å². The second-order valence-corrected chi connectivity index (χ2v) is 6.10. The average Bonchev–Trinajstić information content (AvgIpc) is 2.50. The van der Waals surface area contributed by atoms with Crippen molar-refractivity contribution in [1.82, 2.24) is 0 Å². The van der Waals surface area contributed by atoms with Crippen molar-refractivity contribution in [3.05, 3.63) is 88.5 Å². The minimum Gasteiger partial charge on any atom is -0.0955 e. The molecule has 2 aromatic rings. The molecule has 0 fully saturated rings. The zero-order valence-electron chi connectivity index (χ0n) is 14.2. The quantitative estimate of drug-likeness (QED) is 0.579. The molecule has 0 aromatic heterocycles. The summed E-state index contributed by atoms with van der Waals surface area (Å²) in [6.45, 7) is 13.0. The van der Waals surface area contributed by atoms with Gasteiger partial charge < -0.3 is 0 Å². The molecule has 0 heteroatoms. The highest BCUT2D eigenvalue weighted by Gasteiger charge is 2.11. The summed E-state index contributed by atoms with van der Waals surface area (Å²) in [4.78, 5) is 0. The van der Waals surface area contributed by atoms with Crippen LogP contribution < -0.4 is 0 Å². The van der Waals surface area contributed by atoms with Crippen molar-refractivity contribution in [3.8, 4) is 0 Å². The van der Waals surface area contributed by atoms with E-state index in [9.17, 15) is 0 Å². The van der Waals surface area contributed by atoms with Crippen molar-refractivity contribution in [3.63, 3.8) is 0 Å². The minimum atomic E-state index is 0.971. The van der Waals surface area contributed by atoms with E-state index in [4.69, 9.17) is 0 Å². The Morgan fingerprint density at radius 2 is 1.64 bits per heavy atom. The first-order valence-electron chi connectivity index (χ1n) is 8.02. The molecule has 0 aliphatic heterocycles. The van der Waals surface area contributed by atoms with Crippen LogP contribution in [0.5, 0.6) is 0 Å². The molecule has 2 aromatic carbocycles. The molecular weight excluding hydrogens is 264 g/mol. The molecule has 22 heavy (non-hydrogen) atoms. The third-order valence-electron chi connectivity index (χ3n) is 4.15. The van der Waals surface area contributed by atoms with E-state index in [1.807, 2.05) is 0 Å². The van der Waals surface area contributed by atoms with E-state index < -0.39 is 0 Å². The molecule has 0 amide bonds. The molecule has 0 nitrogen and oxygen atoms in total. The molecule has 0 radical (unpaired) electrons. The molecule has 0 heterocycles. The van der Waals surface area contributed by atoms with Gasteiger partial charge in [0.25, 0.3) is 0 Å². The topological polar surface area (TPSA) is 0 Å². The van der Waals surface area contributed by atoms with Gasteiger partial charge in [0, 0.05) is 0 Å². The summed E-state index contributed by atoms with van der Waals surface area (Å²) in [5, 5.41) is 0. The molecule has 0 saturated carbocycles. The molecule has 0 aliphatic rings. The highest BCUT2D eigenvalue weighted by molar-refractivity contribution is 5.82. The Bertz CT molecular complexity index is 687. The monoisotopic (exact) mass is 290 g/mol. The largest absolute Gasteiger partial charge is 0.0955 e. The zero-order chi connectivity index (χ0) is 16.1. The van der Waals surface area contributed by atoms with Crippen LogP contribution in [0.15, 0.2) is 66.3 Å². The Morgan fingerprint density at radius 1 is 0.955 bits per heavy atom. The van der Waals surface area contributed by atoms with Crippen LogP contribution in [0.1, 0.15) is 43.0 Å². The van der Waals surface area contributed by atoms with Gasteiger partial charge in [0.05, 0.1) is 0 Å². The van der Waals surface area contributed by atoms with E-state index in [0.29, 0.717) is 0 Å². The number of aryl methyl sites for hydroxylation is 2. The van der Waals surface area contributed by atoms with E-state index in [1.165, 1.54) is 33.4 Å². The summed E-state index contributed by atoms with van der Waals surface area (Å²) >= 11 is 0. The Morgan fingerprint density at radius 3 is 2.23 bits per heavy atom. The Kier molecular flexibility index (Phi) is 5.38. The van der Waals surface area contributed by atoms with Gasteiger partial charge in [0.2, 0.25) is 0 Å². The highest BCUT2D eigenvalue weighted by Crippen LogP contribution is 2.30. The third kappa shape index (κ3) is 3.76. The van der Waals surface area contributed by atoms with Crippen LogP contribution in [-0.2, 0) is 12.8 Å². The number of allylic oxidation sites excluding steroid dienone is 3. The van der Waals surface area contributed by atoms with Crippen LogP contribution in [0.4, 0.5) is 0 Å². The lowest BCUT2D eigenvalue weighted by Crippen LogP contribution is -1.98. The van der Waals surface area contributed by atoms with E-state index in [1.54, 1.807) is 0 Å². The lowest BCUT2D eigenvalue weighted by Gasteiger charge is -2.17. The molecule has 114 valence electrons. The summed E-state index contributed by atoms with van der Waals surface area (Å²) in [6, 6.07) is 17.4. The smallest absolute Gasteiger partial charge is 0.00606 e. The van der Waals surface area contributed by atoms with Crippen LogP contribution in [0.25, 0.3) is 5.57 Å². The number of rotatable bonds is 5. The fourth-order valence-electron chi connectivity index (χ4n) is 2.97. The molecule has 0 unspecified atom stereocenters. The molecule has 0 aliphatic carbocycles. The average molecular weight is 290 g/mol. The second-order valence-electron chi connectivity index (χ2n) is 6.10. The molecule has 0 atom stereocenters. The SMILES string of the molecule is C=C(C)/C(=C(\C)Cc1ccccc1)c1cc(CC)ccc1C. The third-order valence-corrected chi connectivity index (χ3v) is 4.15. The van der Waals surface area contributed by atoms with Gasteiger partial charge in [-0.05, 0) is 61.4 Å². The van der Waals surface area contributed by atoms with Gasteiger partial charge >= 0.3 is 0 Å². The highest BCUT2D eigenvalue weighted by atomic mass is 14.2. The standard InChI is InChI=1S/C22H26/c1-6-19-13-12-17(4)21(15-19)22(16(2)3)18(5)14-20-10-8-7-9-11-20/h7-13,15H,2,6,14H2,1,3-5H3/b22-18-. The maximum Gasteiger partial charge on any atom is -0.00606 e. The fourth-order valence-corrected chi connectivity index (χ4v) is 2.97. The lowest BCUT2D eigenvalue weighted by molar-refractivity contribution is 1.12. The van der Waals surface area contributed by atoms with E-state index in [0.717, 1.165) is 18.4 Å². The Labute approximate surface area is 135 Å². The van der Waals surface area contributed by atoms with Crippen molar-refractivity contribution >= 4 is 5.57 Å². The van der Waals surface area contributed by atoms with Crippen molar-refractivity contribution in [2.45, 2.75) is 40.5 Å². The first-order valence-corrected chi connectivity index (χ1v) is 8.02. The van der Waals surface area contributed by atoms with Crippen molar-refractivity contribution in [2.24, 2.45) is 0 Å². The predicted octanol–water partition coefficient (Wildman–Crippen LogP) is 6.15. The van der Waals surface area contributed by atoms with Crippen LogP contribution in [0, 0.1) is 6.92 Å². The normalized spacial score (nSPS) is 12.0. The summed E-state index contributed by atoms with van der Waals surface area (Å²) in [7, 11) is 0.